The molecule has 0 aliphatic rings. The first-order valence-corrected chi connectivity index (χ1v) is 11.1. The summed E-state index contributed by atoms with van der Waals surface area (Å²) in [6, 6.07) is 11.5. The Morgan fingerprint density at radius 3 is 2.56 bits per heavy atom. The van der Waals surface area contributed by atoms with Gasteiger partial charge in [0.25, 0.3) is 0 Å². The Hall–Kier alpha value is -2.25. The Morgan fingerprint density at radius 2 is 1.81 bits per heavy atom. The van der Waals surface area contributed by atoms with Gasteiger partial charge < -0.3 is 4.74 Å². The molecule has 3 rings (SSSR count). The smallest absolute Gasteiger partial charge is 0.160 e. The van der Waals surface area contributed by atoms with Crippen LogP contribution in [0.2, 0.25) is 0 Å². The van der Waals surface area contributed by atoms with Crippen LogP contribution in [-0.2, 0) is 27.9 Å². The molecule has 27 heavy (non-hydrogen) atoms. The summed E-state index contributed by atoms with van der Waals surface area (Å²) in [5.41, 5.74) is 3.35. The van der Waals surface area contributed by atoms with Crippen LogP contribution in [0.25, 0.3) is 0 Å². The second-order valence-corrected chi connectivity index (χ2v) is 9.44. The minimum absolute atomic E-state index is 0.000543. The van der Waals surface area contributed by atoms with Crippen molar-refractivity contribution in [3.05, 3.63) is 81.1 Å². The highest BCUT2D eigenvalue weighted by Gasteiger charge is 2.17. The Kier molecular flexibility index (Phi) is 5.92. The fraction of sp³-hybridized carbons (Fsp3) is 0.250. The number of hydrogen-bond acceptors (Lipinski definition) is 5. The van der Waals surface area contributed by atoms with E-state index < -0.39 is 9.84 Å². The first-order chi connectivity index (χ1) is 12.8. The van der Waals surface area contributed by atoms with Crippen LogP contribution in [0, 0.1) is 19.7 Å². The SMILES string of the molecule is Cc1ccc(C)c(CS(=O)(=O)Cc2csc(COc3ccc(F)cc3)n2)c1. The van der Waals surface area contributed by atoms with E-state index in [9.17, 15) is 12.8 Å². The fourth-order valence-electron chi connectivity index (χ4n) is 2.63. The minimum Gasteiger partial charge on any atom is -0.486 e. The molecule has 0 N–H and O–H groups in total. The van der Waals surface area contributed by atoms with E-state index in [0.29, 0.717) is 16.5 Å². The summed E-state index contributed by atoms with van der Waals surface area (Å²) >= 11 is 1.35. The van der Waals surface area contributed by atoms with Crippen molar-refractivity contribution < 1.29 is 17.5 Å². The van der Waals surface area contributed by atoms with Gasteiger partial charge in [-0.1, -0.05) is 23.8 Å². The Morgan fingerprint density at radius 1 is 1.07 bits per heavy atom. The largest absolute Gasteiger partial charge is 0.486 e. The number of hydrogen-bond donors (Lipinski definition) is 0. The molecule has 0 aliphatic carbocycles. The third-order valence-corrected chi connectivity index (χ3v) is 6.38. The zero-order valence-electron chi connectivity index (χ0n) is 15.1. The second kappa shape index (κ2) is 8.19. The summed E-state index contributed by atoms with van der Waals surface area (Å²) < 4.78 is 43.5. The molecule has 0 amide bonds. The second-order valence-electron chi connectivity index (χ2n) is 6.44. The van der Waals surface area contributed by atoms with Crippen LogP contribution in [-0.4, -0.2) is 13.4 Å². The Labute approximate surface area is 162 Å². The molecule has 142 valence electrons. The van der Waals surface area contributed by atoms with Gasteiger partial charge in [0.05, 0.1) is 17.2 Å². The van der Waals surface area contributed by atoms with E-state index in [2.05, 4.69) is 4.98 Å². The van der Waals surface area contributed by atoms with Crippen molar-refractivity contribution in [2.75, 3.05) is 0 Å². The molecule has 1 heterocycles. The van der Waals surface area contributed by atoms with E-state index in [1.807, 2.05) is 32.0 Å². The van der Waals surface area contributed by atoms with Gasteiger partial charge in [-0.25, -0.2) is 17.8 Å². The molecular formula is C20H20FNO3S2. The number of halogens is 1. The van der Waals surface area contributed by atoms with Crippen LogP contribution in [0.1, 0.15) is 27.4 Å². The zero-order valence-corrected chi connectivity index (χ0v) is 16.7. The summed E-state index contributed by atoms with van der Waals surface area (Å²) in [5.74, 6) is 0.107. The first-order valence-electron chi connectivity index (χ1n) is 8.39. The summed E-state index contributed by atoms with van der Waals surface area (Å²) in [4.78, 5) is 4.35. The van der Waals surface area contributed by atoms with Crippen LogP contribution in [0.4, 0.5) is 4.39 Å². The predicted octanol–water partition coefficient (Wildman–Crippen LogP) is 4.59. The zero-order chi connectivity index (χ0) is 19.4. The predicted molar refractivity (Wildman–Crippen MR) is 105 cm³/mol. The van der Waals surface area contributed by atoms with Crippen LogP contribution in [0.3, 0.4) is 0 Å². The molecular weight excluding hydrogens is 385 g/mol. The average Bonchev–Trinajstić information content (AvgIpc) is 3.04. The molecule has 7 heteroatoms. The number of sulfone groups is 1. The van der Waals surface area contributed by atoms with Gasteiger partial charge in [0.15, 0.2) is 9.84 Å². The molecule has 2 aromatic carbocycles. The molecule has 0 bridgehead atoms. The lowest BCUT2D eigenvalue weighted by Gasteiger charge is -2.07. The van der Waals surface area contributed by atoms with Gasteiger partial charge in [0, 0.05) is 5.38 Å². The van der Waals surface area contributed by atoms with Gasteiger partial charge in [0.1, 0.15) is 23.2 Å². The first kappa shape index (κ1) is 19.5. The lowest BCUT2D eigenvalue weighted by molar-refractivity contribution is 0.305. The maximum atomic E-state index is 12.9. The third-order valence-electron chi connectivity index (χ3n) is 4.02. The number of nitrogens with zero attached hydrogens (tertiary/aromatic N) is 1. The lowest BCUT2D eigenvalue weighted by Crippen LogP contribution is -2.09. The Bertz CT molecular complexity index is 1030. The van der Waals surface area contributed by atoms with Gasteiger partial charge in [-0.3, -0.25) is 0 Å². The van der Waals surface area contributed by atoms with Gasteiger partial charge in [-0.05, 0) is 49.2 Å². The quantitative estimate of drug-likeness (QED) is 0.577. The summed E-state index contributed by atoms with van der Waals surface area (Å²) in [6.45, 7) is 4.08. The summed E-state index contributed by atoms with van der Waals surface area (Å²) in [5, 5.41) is 2.42. The molecule has 0 unspecified atom stereocenters. The molecule has 0 spiro atoms. The van der Waals surface area contributed by atoms with E-state index >= 15 is 0 Å². The number of benzene rings is 2. The fourth-order valence-corrected chi connectivity index (χ4v) is 4.92. The van der Waals surface area contributed by atoms with E-state index in [-0.39, 0.29) is 23.9 Å². The highest BCUT2D eigenvalue weighted by molar-refractivity contribution is 7.89. The molecule has 0 radical (unpaired) electrons. The lowest BCUT2D eigenvalue weighted by atomic mass is 10.1. The number of rotatable bonds is 7. The van der Waals surface area contributed by atoms with Crippen LogP contribution < -0.4 is 4.74 Å². The van der Waals surface area contributed by atoms with Crippen molar-refractivity contribution in [2.24, 2.45) is 0 Å². The molecule has 0 aliphatic heterocycles. The van der Waals surface area contributed by atoms with E-state index in [0.717, 1.165) is 16.7 Å². The number of aromatic nitrogens is 1. The minimum atomic E-state index is -3.32. The number of aryl methyl sites for hydroxylation is 2. The van der Waals surface area contributed by atoms with Crippen molar-refractivity contribution in [3.63, 3.8) is 0 Å². The standard InChI is InChI=1S/C20H20FNO3S2/c1-14-3-4-15(2)16(9-14)12-27(23,24)13-18-11-26-20(22-18)10-25-19-7-5-17(21)6-8-19/h3-9,11H,10,12-13H2,1-2H3. The van der Waals surface area contributed by atoms with Crippen molar-refractivity contribution in [1.82, 2.24) is 4.98 Å². The van der Waals surface area contributed by atoms with Gasteiger partial charge in [-0.15, -0.1) is 11.3 Å². The molecule has 0 saturated heterocycles. The normalized spacial score (nSPS) is 11.5. The number of ether oxygens (including phenoxy) is 1. The molecule has 4 nitrogen and oxygen atoms in total. The average molecular weight is 406 g/mol. The summed E-state index contributed by atoms with van der Waals surface area (Å²) in [6.07, 6.45) is 0. The third kappa shape index (κ3) is 5.61. The number of thiazole rings is 1. The van der Waals surface area contributed by atoms with E-state index in [1.165, 1.54) is 23.5 Å². The van der Waals surface area contributed by atoms with Crippen molar-refractivity contribution in [1.29, 1.82) is 0 Å². The van der Waals surface area contributed by atoms with E-state index in [4.69, 9.17) is 4.74 Å². The highest BCUT2D eigenvalue weighted by Crippen LogP contribution is 2.20. The monoisotopic (exact) mass is 405 g/mol. The van der Waals surface area contributed by atoms with Crippen molar-refractivity contribution >= 4 is 21.2 Å². The van der Waals surface area contributed by atoms with Crippen LogP contribution in [0.5, 0.6) is 5.75 Å². The van der Waals surface area contributed by atoms with Gasteiger partial charge >= 0.3 is 0 Å². The Balaban J connectivity index is 1.62. The molecule has 0 atom stereocenters. The molecule has 0 saturated carbocycles. The van der Waals surface area contributed by atoms with Gasteiger partial charge in [0.2, 0.25) is 0 Å². The van der Waals surface area contributed by atoms with Crippen molar-refractivity contribution in [2.45, 2.75) is 32.0 Å². The van der Waals surface area contributed by atoms with Crippen molar-refractivity contribution in [3.8, 4) is 5.75 Å². The molecule has 3 aromatic rings. The summed E-state index contributed by atoms with van der Waals surface area (Å²) in [7, 11) is -3.32. The maximum Gasteiger partial charge on any atom is 0.160 e. The maximum absolute atomic E-state index is 12.9. The van der Waals surface area contributed by atoms with Crippen LogP contribution in [0.15, 0.2) is 47.8 Å². The highest BCUT2D eigenvalue weighted by atomic mass is 32.2. The van der Waals surface area contributed by atoms with E-state index in [1.54, 1.807) is 17.5 Å². The molecule has 1 aromatic heterocycles. The molecule has 0 fully saturated rings. The van der Waals surface area contributed by atoms with Crippen LogP contribution >= 0.6 is 11.3 Å². The van der Waals surface area contributed by atoms with Gasteiger partial charge in [-0.2, -0.15) is 0 Å². The topological polar surface area (TPSA) is 56.3 Å².